The van der Waals surface area contributed by atoms with Crippen LogP contribution >= 0.6 is 0 Å². The van der Waals surface area contributed by atoms with Gasteiger partial charge in [0.25, 0.3) is 5.69 Å². The van der Waals surface area contributed by atoms with Gasteiger partial charge in [0, 0.05) is 23.1 Å². The third kappa shape index (κ3) is 6.21. The summed E-state index contributed by atoms with van der Waals surface area (Å²) >= 11 is 0. The summed E-state index contributed by atoms with van der Waals surface area (Å²) in [6.45, 7) is 6.55. The van der Waals surface area contributed by atoms with Gasteiger partial charge >= 0.3 is 5.91 Å². The monoisotopic (exact) mass is 499 g/mol. The number of nitro benzene ring substituents is 1. The number of nitrogens with one attached hydrogen (secondary N) is 1. The van der Waals surface area contributed by atoms with E-state index in [-0.39, 0.29) is 11.4 Å². The summed E-state index contributed by atoms with van der Waals surface area (Å²) in [5, 5.41) is 15.5. The van der Waals surface area contributed by atoms with Crippen molar-refractivity contribution in [3.63, 3.8) is 0 Å². The molecule has 1 amide bonds. The van der Waals surface area contributed by atoms with E-state index in [1.807, 2.05) is 43.3 Å². The van der Waals surface area contributed by atoms with Gasteiger partial charge in [-0.2, -0.15) is 5.10 Å². The van der Waals surface area contributed by atoms with Crippen LogP contribution in [0.4, 0.5) is 5.69 Å². The first-order chi connectivity index (χ1) is 18.0. The first kappa shape index (κ1) is 25.2. The average Bonchev–Trinajstić information content (AvgIpc) is 3.33. The third-order valence-electron chi connectivity index (χ3n) is 5.36. The minimum atomic E-state index is -0.589. The molecule has 0 aliphatic rings. The fraction of sp³-hybridized carbons (Fsp3) is 0.143. The number of ether oxygens (including phenoxy) is 2. The Balaban J connectivity index is 1.52. The van der Waals surface area contributed by atoms with Gasteiger partial charge < -0.3 is 13.9 Å². The molecule has 0 atom stereocenters. The zero-order chi connectivity index (χ0) is 26.2. The molecule has 4 rings (SSSR count). The quantitative estimate of drug-likeness (QED) is 0.120. The Morgan fingerprint density at radius 2 is 1.95 bits per heavy atom. The number of hydrazone groups is 1. The highest BCUT2D eigenvalue weighted by Crippen LogP contribution is 2.34. The van der Waals surface area contributed by atoms with E-state index in [9.17, 15) is 14.9 Å². The van der Waals surface area contributed by atoms with Crippen LogP contribution in [0, 0.1) is 10.1 Å². The Bertz CT molecular complexity index is 1460. The summed E-state index contributed by atoms with van der Waals surface area (Å²) < 4.78 is 17.5. The maximum atomic E-state index is 12.5. The Morgan fingerprint density at radius 3 is 2.68 bits per heavy atom. The van der Waals surface area contributed by atoms with Crippen LogP contribution in [0.15, 0.2) is 88.9 Å². The second kappa shape index (κ2) is 11.7. The molecule has 0 bridgehead atoms. The molecule has 9 heteroatoms. The molecule has 1 N–H and O–H groups in total. The average molecular weight is 500 g/mol. The lowest BCUT2D eigenvalue weighted by atomic mass is 10.1. The Labute approximate surface area is 213 Å². The van der Waals surface area contributed by atoms with Gasteiger partial charge in [-0.25, -0.2) is 5.43 Å². The molecule has 0 unspecified atom stereocenters. The van der Waals surface area contributed by atoms with Crippen LogP contribution in [-0.4, -0.2) is 23.7 Å². The number of allylic oxidation sites excluding steroid dienone is 1. The molecule has 188 valence electrons. The van der Waals surface area contributed by atoms with E-state index in [1.54, 1.807) is 12.1 Å². The molecule has 0 aliphatic carbocycles. The van der Waals surface area contributed by atoms with Gasteiger partial charge in [0.1, 0.15) is 12.2 Å². The second-order valence-electron chi connectivity index (χ2n) is 8.00. The lowest BCUT2D eigenvalue weighted by molar-refractivity contribution is -0.384. The lowest BCUT2D eigenvalue weighted by Gasteiger charge is -2.16. The van der Waals surface area contributed by atoms with E-state index in [0.717, 1.165) is 11.1 Å². The van der Waals surface area contributed by atoms with E-state index in [2.05, 4.69) is 17.1 Å². The van der Waals surface area contributed by atoms with Crippen LogP contribution in [0.1, 0.15) is 34.2 Å². The number of amides is 1. The first-order valence-electron chi connectivity index (χ1n) is 11.6. The molecule has 0 saturated carbocycles. The molecule has 0 saturated heterocycles. The predicted octanol–water partition coefficient (Wildman–Crippen LogP) is 5.81. The smallest absolute Gasteiger partial charge is 0.307 e. The third-order valence-corrected chi connectivity index (χ3v) is 5.36. The number of carbonyl (C=O) groups excluding carboxylic acids is 1. The minimum Gasteiger partial charge on any atom is -0.490 e. The summed E-state index contributed by atoms with van der Waals surface area (Å²) in [7, 11) is 0. The van der Waals surface area contributed by atoms with Gasteiger partial charge in [0.15, 0.2) is 17.3 Å². The van der Waals surface area contributed by atoms with Crippen molar-refractivity contribution >= 4 is 28.8 Å². The van der Waals surface area contributed by atoms with Crippen molar-refractivity contribution in [2.45, 2.75) is 20.0 Å². The Kier molecular flexibility index (Phi) is 7.95. The van der Waals surface area contributed by atoms with Gasteiger partial charge in [-0.1, -0.05) is 36.4 Å². The molecule has 4 aromatic rings. The molecule has 0 spiro atoms. The number of nitrogens with zero attached hydrogens (tertiary/aromatic N) is 2. The molecule has 37 heavy (non-hydrogen) atoms. The normalized spacial score (nSPS) is 10.9. The van der Waals surface area contributed by atoms with Gasteiger partial charge in [-0.3, -0.25) is 14.9 Å². The van der Waals surface area contributed by atoms with Crippen LogP contribution in [0.25, 0.3) is 11.0 Å². The highest BCUT2D eigenvalue weighted by atomic mass is 16.6. The minimum absolute atomic E-state index is 0.0142. The van der Waals surface area contributed by atoms with Crippen molar-refractivity contribution in [1.29, 1.82) is 0 Å². The van der Waals surface area contributed by atoms with Crippen molar-refractivity contribution in [2.75, 3.05) is 6.61 Å². The Morgan fingerprint density at radius 1 is 1.14 bits per heavy atom. The number of rotatable bonds is 11. The van der Waals surface area contributed by atoms with Crippen molar-refractivity contribution in [2.24, 2.45) is 5.10 Å². The van der Waals surface area contributed by atoms with Crippen LogP contribution in [0.5, 0.6) is 11.5 Å². The standard InChI is InChI=1S/C28H25N3O6/c1-3-8-21-13-20(14-25(35-4-2)27(21)36-18-19-9-6-5-7-10-19)17-29-30-28(32)26-16-22-15-23(31(33)34)11-12-24(22)37-26/h3,5-7,9-17H,1,4,8,18H2,2H3,(H,30,32)/b29-17+. The van der Waals surface area contributed by atoms with Crippen LogP contribution in [-0.2, 0) is 13.0 Å². The summed E-state index contributed by atoms with van der Waals surface area (Å²) in [4.78, 5) is 23.0. The molecule has 0 aliphatic heterocycles. The van der Waals surface area contributed by atoms with Crippen molar-refractivity contribution in [3.8, 4) is 11.5 Å². The lowest BCUT2D eigenvalue weighted by Crippen LogP contribution is -2.16. The van der Waals surface area contributed by atoms with E-state index in [4.69, 9.17) is 13.9 Å². The topological polar surface area (TPSA) is 116 Å². The molecule has 3 aromatic carbocycles. The largest absolute Gasteiger partial charge is 0.490 e. The summed E-state index contributed by atoms with van der Waals surface area (Å²) in [5.41, 5.74) is 5.28. The van der Waals surface area contributed by atoms with Crippen molar-refractivity contribution < 1.29 is 23.6 Å². The van der Waals surface area contributed by atoms with E-state index in [1.165, 1.54) is 30.5 Å². The number of hydrogen-bond acceptors (Lipinski definition) is 7. The maximum Gasteiger partial charge on any atom is 0.307 e. The summed E-state index contributed by atoms with van der Waals surface area (Å²) in [6.07, 6.45) is 3.81. The fourth-order valence-corrected chi connectivity index (χ4v) is 3.70. The fourth-order valence-electron chi connectivity index (χ4n) is 3.70. The molecule has 0 fully saturated rings. The van der Waals surface area contributed by atoms with E-state index >= 15 is 0 Å². The maximum absolute atomic E-state index is 12.5. The van der Waals surface area contributed by atoms with E-state index < -0.39 is 10.8 Å². The van der Waals surface area contributed by atoms with Gasteiger partial charge in [-0.05, 0) is 48.7 Å². The number of carbonyl (C=O) groups is 1. The predicted molar refractivity (Wildman–Crippen MR) is 140 cm³/mol. The van der Waals surface area contributed by atoms with Crippen molar-refractivity contribution in [1.82, 2.24) is 5.43 Å². The number of furan rings is 1. The second-order valence-corrected chi connectivity index (χ2v) is 8.00. The van der Waals surface area contributed by atoms with Crippen LogP contribution in [0.3, 0.4) is 0 Å². The summed E-state index contributed by atoms with van der Waals surface area (Å²) in [6, 6.07) is 19.0. The molecular formula is C28H25N3O6. The highest BCUT2D eigenvalue weighted by molar-refractivity contribution is 5.97. The number of non-ortho nitro benzene ring substituents is 1. The Hall–Kier alpha value is -4.92. The van der Waals surface area contributed by atoms with Gasteiger partial charge in [0.05, 0.1) is 17.7 Å². The van der Waals surface area contributed by atoms with Crippen LogP contribution in [0.2, 0.25) is 0 Å². The molecule has 1 heterocycles. The highest BCUT2D eigenvalue weighted by Gasteiger charge is 2.16. The number of hydrogen-bond donors (Lipinski definition) is 1. The zero-order valence-corrected chi connectivity index (χ0v) is 20.2. The van der Waals surface area contributed by atoms with Gasteiger partial charge in [0.2, 0.25) is 0 Å². The SMILES string of the molecule is C=CCc1cc(/C=N/NC(=O)c2cc3cc([N+](=O)[O-])ccc3o2)cc(OCC)c1OCc1ccccc1. The molecule has 9 nitrogen and oxygen atoms in total. The molecule has 0 radical (unpaired) electrons. The molecule has 1 aromatic heterocycles. The zero-order valence-electron chi connectivity index (χ0n) is 20.2. The number of nitro groups is 1. The first-order valence-corrected chi connectivity index (χ1v) is 11.6. The van der Waals surface area contributed by atoms with Crippen LogP contribution < -0.4 is 14.9 Å². The number of benzene rings is 3. The van der Waals surface area contributed by atoms with Gasteiger partial charge in [-0.15, -0.1) is 6.58 Å². The summed E-state index contributed by atoms with van der Waals surface area (Å²) in [5.74, 6) is 0.585. The number of fused-ring (bicyclic) bond motifs is 1. The molecular weight excluding hydrogens is 474 g/mol. The van der Waals surface area contributed by atoms with Crippen molar-refractivity contribution in [3.05, 3.63) is 112 Å². The van der Waals surface area contributed by atoms with E-state index in [0.29, 0.717) is 47.7 Å².